The second kappa shape index (κ2) is 5.47. The molecule has 3 heteroatoms. The van der Waals surface area contributed by atoms with Gasteiger partial charge in [-0.2, -0.15) is 0 Å². The quantitative estimate of drug-likeness (QED) is 0.782. The van der Waals surface area contributed by atoms with Crippen LogP contribution in [0.4, 0.5) is 0 Å². The SMILES string of the molecule is OCCCCOc1cccc2ncccc12. The largest absolute Gasteiger partial charge is 0.493 e. The summed E-state index contributed by atoms with van der Waals surface area (Å²) >= 11 is 0. The van der Waals surface area contributed by atoms with Crippen LogP contribution in [-0.4, -0.2) is 23.3 Å². The van der Waals surface area contributed by atoms with Gasteiger partial charge in [-0.1, -0.05) is 6.07 Å². The van der Waals surface area contributed by atoms with Crippen molar-refractivity contribution >= 4 is 10.9 Å². The number of nitrogens with zero attached hydrogens (tertiary/aromatic N) is 1. The third kappa shape index (κ3) is 2.49. The van der Waals surface area contributed by atoms with Crippen molar-refractivity contribution in [3.05, 3.63) is 36.5 Å². The van der Waals surface area contributed by atoms with E-state index in [-0.39, 0.29) is 6.61 Å². The Morgan fingerprint density at radius 3 is 2.94 bits per heavy atom. The van der Waals surface area contributed by atoms with E-state index in [2.05, 4.69) is 4.98 Å². The lowest BCUT2D eigenvalue weighted by molar-refractivity contribution is 0.254. The average Bonchev–Trinajstić information content (AvgIpc) is 2.35. The summed E-state index contributed by atoms with van der Waals surface area (Å²) in [5.41, 5.74) is 0.946. The Bertz CT molecular complexity index is 451. The molecule has 1 heterocycles. The van der Waals surface area contributed by atoms with E-state index in [1.807, 2.05) is 30.3 Å². The lowest BCUT2D eigenvalue weighted by Crippen LogP contribution is -1.99. The number of hydrogen-bond acceptors (Lipinski definition) is 3. The van der Waals surface area contributed by atoms with E-state index >= 15 is 0 Å². The topological polar surface area (TPSA) is 42.4 Å². The number of hydrogen-bond donors (Lipinski definition) is 1. The summed E-state index contributed by atoms with van der Waals surface area (Å²) in [6.07, 6.45) is 3.42. The maximum absolute atomic E-state index is 8.67. The lowest BCUT2D eigenvalue weighted by Gasteiger charge is -2.08. The molecule has 0 radical (unpaired) electrons. The van der Waals surface area contributed by atoms with E-state index in [4.69, 9.17) is 9.84 Å². The molecule has 0 bridgehead atoms. The van der Waals surface area contributed by atoms with Gasteiger partial charge in [0.25, 0.3) is 0 Å². The Hall–Kier alpha value is -1.61. The number of benzene rings is 1. The summed E-state index contributed by atoms with van der Waals surface area (Å²) in [6, 6.07) is 9.77. The van der Waals surface area contributed by atoms with Crippen LogP contribution in [0.25, 0.3) is 10.9 Å². The molecule has 0 spiro atoms. The fraction of sp³-hybridized carbons (Fsp3) is 0.308. The molecule has 0 unspecified atom stereocenters. The zero-order valence-corrected chi connectivity index (χ0v) is 9.10. The lowest BCUT2D eigenvalue weighted by atomic mass is 10.2. The molecule has 0 aliphatic rings. The molecule has 0 aliphatic heterocycles. The zero-order chi connectivity index (χ0) is 11.2. The van der Waals surface area contributed by atoms with E-state index in [0.717, 1.165) is 29.5 Å². The van der Waals surface area contributed by atoms with Gasteiger partial charge < -0.3 is 9.84 Å². The first kappa shape index (κ1) is 10.9. The van der Waals surface area contributed by atoms with Crippen LogP contribution in [0.3, 0.4) is 0 Å². The van der Waals surface area contributed by atoms with Crippen LogP contribution < -0.4 is 4.74 Å². The number of unbranched alkanes of at least 4 members (excludes halogenated alkanes) is 1. The molecule has 0 amide bonds. The van der Waals surface area contributed by atoms with Crippen LogP contribution in [0, 0.1) is 0 Å². The van der Waals surface area contributed by atoms with Crippen molar-refractivity contribution in [2.75, 3.05) is 13.2 Å². The molecule has 16 heavy (non-hydrogen) atoms. The van der Waals surface area contributed by atoms with Crippen LogP contribution in [0.5, 0.6) is 5.75 Å². The highest BCUT2D eigenvalue weighted by Gasteiger charge is 2.01. The molecule has 0 aliphatic carbocycles. The molecular weight excluding hydrogens is 202 g/mol. The van der Waals surface area contributed by atoms with Gasteiger partial charge in [0.15, 0.2) is 0 Å². The van der Waals surface area contributed by atoms with E-state index in [1.165, 1.54) is 0 Å². The molecule has 0 saturated heterocycles. The van der Waals surface area contributed by atoms with Crippen molar-refractivity contribution < 1.29 is 9.84 Å². The van der Waals surface area contributed by atoms with Gasteiger partial charge >= 0.3 is 0 Å². The number of aliphatic hydroxyl groups is 1. The van der Waals surface area contributed by atoms with Crippen LogP contribution in [-0.2, 0) is 0 Å². The van der Waals surface area contributed by atoms with Crippen LogP contribution in [0.2, 0.25) is 0 Å². The third-order valence-corrected chi connectivity index (χ3v) is 2.42. The van der Waals surface area contributed by atoms with Gasteiger partial charge in [0, 0.05) is 18.2 Å². The fourth-order valence-electron chi connectivity index (χ4n) is 1.60. The van der Waals surface area contributed by atoms with Crippen molar-refractivity contribution in [1.82, 2.24) is 4.98 Å². The predicted molar refractivity (Wildman–Crippen MR) is 63.6 cm³/mol. The molecule has 2 aromatic rings. The first-order chi connectivity index (χ1) is 7.92. The minimum absolute atomic E-state index is 0.223. The van der Waals surface area contributed by atoms with Gasteiger partial charge in [-0.3, -0.25) is 4.98 Å². The number of aliphatic hydroxyl groups excluding tert-OH is 1. The highest BCUT2D eigenvalue weighted by atomic mass is 16.5. The Balaban J connectivity index is 2.11. The van der Waals surface area contributed by atoms with Crippen LogP contribution in [0.15, 0.2) is 36.5 Å². The molecule has 0 saturated carbocycles. The van der Waals surface area contributed by atoms with Crippen molar-refractivity contribution in [1.29, 1.82) is 0 Å². The monoisotopic (exact) mass is 217 g/mol. The molecule has 1 N–H and O–H groups in total. The van der Waals surface area contributed by atoms with Crippen molar-refractivity contribution in [2.24, 2.45) is 0 Å². The van der Waals surface area contributed by atoms with Crippen LogP contribution in [0.1, 0.15) is 12.8 Å². The van der Waals surface area contributed by atoms with E-state index < -0.39 is 0 Å². The number of pyridine rings is 1. The molecule has 3 nitrogen and oxygen atoms in total. The maximum Gasteiger partial charge on any atom is 0.128 e. The summed E-state index contributed by atoms with van der Waals surface area (Å²) < 4.78 is 5.67. The Morgan fingerprint density at radius 2 is 2.06 bits per heavy atom. The minimum atomic E-state index is 0.223. The highest BCUT2D eigenvalue weighted by Crippen LogP contribution is 2.23. The van der Waals surface area contributed by atoms with E-state index in [0.29, 0.717) is 6.61 Å². The fourth-order valence-corrected chi connectivity index (χ4v) is 1.60. The number of ether oxygens (including phenoxy) is 1. The van der Waals surface area contributed by atoms with Gasteiger partial charge in [0.2, 0.25) is 0 Å². The van der Waals surface area contributed by atoms with Gasteiger partial charge in [0.1, 0.15) is 5.75 Å². The second-order valence-electron chi connectivity index (χ2n) is 3.61. The maximum atomic E-state index is 8.67. The molecule has 84 valence electrons. The number of fused-ring (bicyclic) bond motifs is 1. The molecule has 0 fully saturated rings. The van der Waals surface area contributed by atoms with Crippen molar-refractivity contribution in [3.8, 4) is 5.75 Å². The highest BCUT2D eigenvalue weighted by molar-refractivity contribution is 5.84. The van der Waals surface area contributed by atoms with Crippen molar-refractivity contribution in [3.63, 3.8) is 0 Å². The first-order valence-electron chi connectivity index (χ1n) is 5.49. The molecular formula is C13H15NO2. The van der Waals surface area contributed by atoms with Gasteiger partial charge in [-0.25, -0.2) is 0 Å². The summed E-state index contributed by atoms with van der Waals surface area (Å²) in [5, 5.41) is 9.71. The van der Waals surface area contributed by atoms with Gasteiger partial charge in [-0.15, -0.1) is 0 Å². The summed E-state index contributed by atoms with van der Waals surface area (Å²) in [6.45, 7) is 0.856. The molecule has 1 aromatic heterocycles. The Kier molecular flexibility index (Phi) is 3.72. The molecule has 0 atom stereocenters. The van der Waals surface area contributed by atoms with E-state index in [1.54, 1.807) is 6.20 Å². The normalized spacial score (nSPS) is 10.6. The second-order valence-corrected chi connectivity index (χ2v) is 3.61. The van der Waals surface area contributed by atoms with Crippen molar-refractivity contribution in [2.45, 2.75) is 12.8 Å². The predicted octanol–water partition coefficient (Wildman–Crippen LogP) is 2.39. The molecule has 2 rings (SSSR count). The Morgan fingerprint density at radius 1 is 1.12 bits per heavy atom. The smallest absolute Gasteiger partial charge is 0.128 e. The summed E-state index contributed by atoms with van der Waals surface area (Å²) in [5.74, 6) is 0.864. The first-order valence-corrected chi connectivity index (χ1v) is 5.49. The van der Waals surface area contributed by atoms with E-state index in [9.17, 15) is 0 Å². The number of aromatic nitrogens is 1. The van der Waals surface area contributed by atoms with Crippen LogP contribution >= 0.6 is 0 Å². The zero-order valence-electron chi connectivity index (χ0n) is 9.10. The van der Waals surface area contributed by atoms with Gasteiger partial charge in [-0.05, 0) is 37.1 Å². The molecule has 1 aromatic carbocycles. The standard InChI is InChI=1S/C13H15NO2/c15-9-1-2-10-16-13-7-3-6-12-11(13)5-4-8-14-12/h3-8,15H,1-2,9-10H2. The summed E-state index contributed by atoms with van der Waals surface area (Å²) in [7, 11) is 0. The summed E-state index contributed by atoms with van der Waals surface area (Å²) in [4.78, 5) is 4.27. The van der Waals surface area contributed by atoms with Gasteiger partial charge in [0.05, 0.1) is 12.1 Å². The Labute approximate surface area is 94.7 Å². The average molecular weight is 217 g/mol. The minimum Gasteiger partial charge on any atom is -0.493 e. The number of rotatable bonds is 5. The third-order valence-electron chi connectivity index (χ3n) is 2.42.